The second-order valence-electron chi connectivity index (χ2n) is 12.6. The monoisotopic (exact) mass is 803 g/mol. The highest BCUT2D eigenvalue weighted by Gasteiger charge is 2.03. The minimum atomic E-state index is -0.132. The normalized spacial score (nSPS) is 11.5. The van der Waals surface area contributed by atoms with Crippen LogP contribution < -0.4 is 0 Å². The van der Waals surface area contributed by atoms with Gasteiger partial charge >= 0.3 is 5.97 Å². The van der Waals surface area contributed by atoms with E-state index in [-0.39, 0.29) is 12.6 Å². The van der Waals surface area contributed by atoms with Crippen LogP contribution in [0.5, 0.6) is 0 Å². The maximum atomic E-state index is 11.9. The average molecular weight is 804 g/mol. The van der Waals surface area contributed by atoms with Gasteiger partial charge in [-0.25, -0.2) is 0 Å². The number of carbonyl (C=O) groups excluding carboxylic acids is 1. The van der Waals surface area contributed by atoms with E-state index in [0.717, 1.165) is 12.8 Å². The van der Waals surface area contributed by atoms with Crippen LogP contribution in [-0.2, 0) is 61.6 Å². The molecule has 0 amide bonds. The van der Waals surface area contributed by atoms with E-state index < -0.39 is 0 Å². The van der Waals surface area contributed by atoms with Gasteiger partial charge in [0.25, 0.3) is 0 Å². The van der Waals surface area contributed by atoms with Gasteiger partial charge in [0.15, 0.2) is 0 Å². The maximum Gasteiger partial charge on any atom is 0.305 e. The van der Waals surface area contributed by atoms with Crippen LogP contribution in [0.4, 0.5) is 0 Å². The summed E-state index contributed by atoms with van der Waals surface area (Å²) in [6.07, 6.45) is 17.3. The number of ether oxygens (including phenoxy) is 12. The van der Waals surface area contributed by atoms with Gasteiger partial charge in [-0.1, -0.05) is 84.0 Å². The number of hydrogen-bond donors (Lipinski definition) is 0. The van der Waals surface area contributed by atoms with Crippen LogP contribution in [-0.4, -0.2) is 164 Å². The molecule has 0 radical (unpaired) electrons. The van der Waals surface area contributed by atoms with Gasteiger partial charge in [0.2, 0.25) is 0 Å². The molecule has 0 aliphatic carbocycles. The summed E-state index contributed by atoms with van der Waals surface area (Å²) >= 11 is 5.52. The molecule has 0 spiro atoms. The third-order valence-electron chi connectivity index (χ3n) is 7.92. The van der Waals surface area contributed by atoms with E-state index in [0.29, 0.717) is 158 Å². The van der Waals surface area contributed by atoms with Crippen molar-refractivity contribution < 1.29 is 61.6 Å². The van der Waals surface area contributed by atoms with E-state index in [1.165, 1.54) is 70.6 Å². The van der Waals surface area contributed by atoms with Gasteiger partial charge in [-0.3, -0.25) is 4.79 Å². The topological polar surface area (TPSA) is 128 Å². The molecule has 0 atom stereocenters. The Balaban J connectivity index is 3.12. The molecule has 14 heteroatoms. The van der Waals surface area contributed by atoms with Gasteiger partial charge in [-0.15, -0.1) is 11.6 Å². The van der Waals surface area contributed by atoms with Gasteiger partial charge in [0.1, 0.15) is 6.61 Å². The summed E-state index contributed by atoms with van der Waals surface area (Å²) in [6, 6.07) is 0. The lowest BCUT2D eigenvalue weighted by atomic mass is 10.0. The van der Waals surface area contributed by atoms with Crippen LogP contribution in [0.2, 0.25) is 0 Å². The Hall–Kier alpha value is -0.680. The zero-order valence-electron chi connectivity index (χ0n) is 34.1. The minimum absolute atomic E-state index is 0.132. The highest BCUT2D eigenvalue weighted by molar-refractivity contribution is 6.17. The smallest absolute Gasteiger partial charge is 0.305 e. The number of esters is 1. The summed E-state index contributed by atoms with van der Waals surface area (Å²) in [7, 11) is 0. The molecule has 0 heterocycles. The molecule has 0 aromatic carbocycles. The number of unbranched alkanes of at least 4 members (excludes halogenated alkanes) is 12. The molecule has 0 rings (SSSR count). The molecular weight excluding hydrogens is 724 g/mol. The first kappa shape index (κ1) is 53.3. The Morgan fingerprint density at radius 1 is 0.315 bits per heavy atom. The molecule has 0 bridgehead atoms. The largest absolute Gasteiger partial charge is 0.463 e. The summed E-state index contributed by atoms with van der Waals surface area (Å²) in [4.78, 5) is 11.9. The van der Waals surface area contributed by atoms with Crippen molar-refractivity contribution in [3.8, 4) is 0 Å². The Labute approximate surface area is 333 Å². The SMILES string of the molecule is CCCCCCCCCCCCCCCC(=O)OCCOCCOCCOCCOCCOCCOCCOCCOCCOCCOCCOCCCl. The molecule has 0 aliphatic rings. The summed E-state index contributed by atoms with van der Waals surface area (Å²) in [5, 5.41) is 0. The van der Waals surface area contributed by atoms with Crippen LogP contribution in [0, 0.1) is 0 Å². The number of alkyl halides is 1. The molecule has 0 saturated carbocycles. The molecule has 0 N–H and O–H groups in total. The standard InChI is InChI=1S/C40H79ClO13/c1-2-3-4-5-6-7-8-9-10-11-12-13-14-15-40(42)54-39-38-53-37-36-52-35-34-51-33-32-50-31-30-49-29-28-48-27-26-47-25-24-46-23-22-45-21-20-44-19-18-43-17-16-41/h2-39H2,1H3. The Morgan fingerprint density at radius 3 is 0.796 bits per heavy atom. The van der Waals surface area contributed by atoms with Gasteiger partial charge in [0, 0.05) is 12.3 Å². The molecule has 13 nitrogen and oxygen atoms in total. The summed E-state index contributed by atoms with van der Waals surface area (Å²) in [5.41, 5.74) is 0. The van der Waals surface area contributed by atoms with Crippen LogP contribution in [0.3, 0.4) is 0 Å². The second kappa shape index (κ2) is 50.3. The molecule has 0 aromatic heterocycles. The van der Waals surface area contributed by atoms with Gasteiger partial charge in [0.05, 0.1) is 145 Å². The maximum absolute atomic E-state index is 11.9. The van der Waals surface area contributed by atoms with Gasteiger partial charge in [-0.05, 0) is 6.42 Å². The summed E-state index contributed by atoms with van der Waals surface area (Å²) in [6.45, 7) is 13.6. The first-order valence-electron chi connectivity index (χ1n) is 20.9. The molecular formula is C40H79ClO13. The van der Waals surface area contributed by atoms with Crippen molar-refractivity contribution in [3.63, 3.8) is 0 Å². The molecule has 0 aromatic rings. The third kappa shape index (κ3) is 49.3. The van der Waals surface area contributed by atoms with E-state index in [2.05, 4.69) is 6.92 Å². The number of rotatable bonds is 49. The summed E-state index contributed by atoms with van der Waals surface area (Å²) < 4.78 is 65.1. The molecule has 0 fully saturated rings. The highest BCUT2D eigenvalue weighted by atomic mass is 35.5. The van der Waals surface area contributed by atoms with Crippen LogP contribution in [0.1, 0.15) is 96.8 Å². The number of halogens is 1. The minimum Gasteiger partial charge on any atom is -0.463 e. The Kier molecular flexibility index (Phi) is 49.7. The second-order valence-corrected chi connectivity index (χ2v) is 13.0. The van der Waals surface area contributed by atoms with Crippen LogP contribution in [0.15, 0.2) is 0 Å². The molecule has 0 unspecified atom stereocenters. The molecule has 324 valence electrons. The third-order valence-corrected chi connectivity index (χ3v) is 8.07. The predicted octanol–water partition coefficient (Wildman–Crippen LogP) is 6.43. The zero-order chi connectivity index (χ0) is 38.9. The van der Waals surface area contributed by atoms with Gasteiger partial charge in [-0.2, -0.15) is 0 Å². The summed E-state index contributed by atoms with van der Waals surface area (Å²) in [5.74, 6) is 0.363. The van der Waals surface area contributed by atoms with E-state index in [4.69, 9.17) is 68.4 Å². The predicted molar refractivity (Wildman–Crippen MR) is 211 cm³/mol. The number of carbonyl (C=O) groups is 1. The van der Waals surface area contributed by atoms with Crippen molar-refractivity contribution in [2.45, 2.75) is 96.8 Å². The first-order chi connectivity index (χ1) is 26.8. The molecule has 0 saturated heterocycles. The van der Waals surface area contributed by atoms with E-state index in [9.17, 15) is 4.79 Å². The van der Waals surface area contributed by atoms with Gasteiger partial charge < -0.3 is 56.8 Å². The quantitative estimate of drug-likeness (QED) is 0.0381. The fourth-order valence-corrected chi connectivity index (χ4v) is 5.04. The number of hydrogen-bond acceptors (Lipinski definition) is 13. The van der Waals surface area contributed by atoms with Crippen molar-refractivity contribution in [2.24, 2.45) is 0 Å². The first-order valence-corrected chi connectivity index (χ1v) is 21.4. The van der Waals surface area contributed by atoms with Crippen molar-refractivity contribution in [3.05, 3.63) is 0 Å². The van der Waals surface area contributed by atoms with Crippen LogP contribution in [0.25, 0.3) is 0 Å². The molecule has 54 heavy (non-hydrogen) atoms. The van der Waals surface area contributed by atoms with Crippen molar-refractivity contribution in [1.29, 1.82) is 0 Å². The zero-order valence-corrected chi connectivity index (χ0v) is 34.8. The van der Waals surface area contributed by atoms with Crippen LogP contribution >= 0.6 is 11.6 Å². The van der Waals surface area contributed by atoms with Crippen molar-refractivity contribution in [2.75, 3.05) is 158 Å². The van der Waals surface area contributed by atoms with E-state index >= 15 is 0 Å². The fraction of sp³-hybridized carbons (Fsp3) is 0.975. The fourth-order valence-electron chi connectivity index (χ4n) is 4.93. The Morgan fingerprint density at radius 2 is 0.537 bits per heavy atom. The highest BCUT2D eigenvalue weighted by Crippen LogP contribution is 2.13. The van der Waals surface area contributed by atoms with E-state index in [1.54, 1.807) is 0 Å². The lowest BCUT2D eigenvalue weighted by molar-refractivity contribution is -0.145. The van der Waals surface area contributed by atoms with Crippen molar-refractivity contribution >= 4 is 17.6 Å². The average Bonchev–Trinajstić information content (AvgIpc) is 3.18. The lowest BCUT2D eigenvalue weighted by Gasteiger charge is -2.09. The lowest BCUT2D eigenvalue weighted by Crippen LogP contribution is -2.15. The molecule has 0 aliphatic heterocycles. The Bertz CT molecular complexity index is 696. The van der Waals surface area contributed by atoms with Crippen molar-refractivity contribution in [1.82, 2.24) is 0 Å². The van der Waals surface area contributed by atoms with E-state index in [1.807, 2.05) is 0 Å².